The van der Waals surface area contributed by atoms with Crippen LogP contribution in [0.2, 0.25) is 0 Å². The van der Waals surface area contributed by atoms with Crippen LogP contribution in [0, 0.1) is 11.8 Å². The van der Waals surface area contributed by atoms with Crippen LogP contribution in [0.15, 0.2) is 106 Å². The summed E-state index contributed by atoms with van der Waals surface area (Å²) in [7, 11) is 2.98. The zero-order valence-corrected chi connectivity index (χ0v) is 28.7. The minimum atomic E-state index is -0.534. The van der Waals surface area contributed by atoms with Gasteiger partial charge < -0.3 is 30.0 Å². The van der Waals surface area contributed by atoms with Gasteiger partial charge in [0.25, 0.3) is 0 Å². The minimum absolute atomic E-state index is 0.00384. The number of fused-ring (bicyclic) bond motifs is 5. The number of methoxy groups -OCH3 is 2. The van der Waals surface area contributed by atoms with E-state index in [1.165, 1.54) is 7.11 Å². The topological polar surface area (TPSA) is 143 Å². The van der Waals surface area contributed by atoms with Crippen LogP contribution in [0.1, 0.15) is 60.3 Å². The standard InChI is InChI=1S/C37H43N5O6/c1-8-22-18(2)27-15-31-25(17-48-37(45)38-11-12-46-6)20(4)26(40-31)14-28-19(3)23(9-10-33(44)47-7)35(41-28)24-13-32(43)34-21(5)29(42-36(24)34)16-30(22)39-27/h14-16,19,23,41,43H,8-13,17H2,1-7H3,(H,38,45). The van der Waals surface area contributed by atoms with Gasteiger partial charge in [-0.15, -0.1) is 0 Å². The van der Waals surface area contributed by atoms with E-state index in [4.69, 9.17) is 29.2 Å². The molecule has 11 nitrogen and oxygen atoms in total. The number of hydrogen-bond acceptors (Lipinski definition) is 10. The van der Waals surface area contributed by atoms with Gasteiger partial charge in [-0.1, -0.05) is 13.8 Å². The van der Waals surface area contributed by atoms with E-state index >= 15 is 0 Å². The molecule has 0 spiro atoms. The van der Waals surface area contributed by atoms with E-state index in [0.29, 0.717) is 37.4 Å². The van der Waals surface area contributed by atoms with Gasteiger partial charge in [0.05, 0.1) is 47.9 Å². The number of aliphatic hydroxyl groups is 1. The van der Waals surface area contributed by atoms with Crippen LogP contribution >= 0.6 is 0 Å². The quantitative estimate of drug-likeness (QED) is 0.205. The van der Waals surface area contributed by atoms with E-state index in [1.807, 2.05) is 32.1 Å². The molecular formula is C37H43N5O6. The largest absolute Gasteiger partial charge is 0.511 e. The predicted molar refractivity (Wildman–Crippen MR) is 185 cm³/mol. The van der Waals surface area contributed by atoms with Crippen molar-refractivity contribution in [2.24, 2.45) is 26.8 Å². The number of aliphatic hydroxyl groups excluding tert-OH is 1. The average Bonchev–Trinajstić information content (AvgIpc) is 3.81. The fraction of sp³-hybridized carbons (Fsp3) is 0.432. The third kappa shape index (κ3) is 5.91. The summed E-state index contributed by atoms with van der Waals surface area (Å²) >= 11 is 0. The number of carbonyl (C=O) groups is 2. The molecule has 48 heavy (non-hydrogen) atoms. The van der Waals surface area contributed by atoms with Crippen molar-refractivity contribution < 1.29 is 28.9 Å². The second-order valence-electron chi connectivity index (χ2n) is 12.7. The molecule has 6 aliphatic rings. The molecule has 0 radical (unpaired) electrons. The van der Waals surface area contributed by atoms with E-state index in [1.54, 1.807) is 7.11 Å². The SMILES string of the molecule is CCC1=C(C)C2=NC1=CC1=C(C)C3=C(O)CC(=C4NC(=CC5=NC(=C2)C(COC(=O)NCCOC)=C5C)C(C)C4CCC(=O)OC)C3=N1. The van der Waals surface area contributed by atoms with E-state index in [-0.39, 0.29) is 30.8 Å². The third-order valence-corrected chi connectivity index (χ3v) is 9.99. The van der Waals surface area contributed by atoms with E-state index < -0.39 is 6.09 Å². The van der Waals surface area contributed by atoms with Crippen LogP contribution in [0.25, 0.3) is 0 Å². The first kappa shape index (κ1) is 33.1. The van der Waals surface area contributed by atoms with Gasteiger partial charge in [-0.05, 0) is 74.1 Å². The smallest absolute Gasteiger partial charge is 0.407 e. The summed E-state index contributed by atoms with van der Waals surface area (Å²) in [6.07, 6.45) is 7.44. The van der Waals surface area contributed by atoms with Crippen molar-refractivity contribution in [1.82, 2.24) is 10.6 Å². The molecule has 2 atom stereocenters. The Hall–Kier alpha value is -4.77. The molecule has 6 rings (SSSR count). The number of allylic oxidation sites excluding steroid dienone is 11. The lowest BCUT2D eigenvalue weighted by Gasteiger charge is -2.17. The Morgan fingerprint density at radius 1 is 1.00 bits per heavy atom. The van der Waals surface area contributed by atoms with Gasteiger partial charge in [-0.3, -0.25) is 4.79 Å². The number of hydrogen-bond donors (Lipinski definition) is 3. The first-order valence-electron chi connectivity index (χ1n) is 16.5. The van der Waals surface area contributed by atoms with E-state index in [2.05, 4.69) is 31.4 Å². The first-order chi connectivity index (χ1) is 23.1. The Kier molecular flexibility index (Phi) is 9.24. The fourth-order valence-electron chi connectivity index (χ4n) is 7.16. The molecule has 5 aliphatic heterocycles. The summed E-state index contributed by atoms with van der Waals surface area (Å²) in [4.78, 5) is 40.0. The Morgan fingerprint density at radius 2 is 1.71 bits per heavy atom. The highest BCUT2D eigenvalue weighted by Crippen LogP contribution is 2.46. The number of aliphatic imine (C=N–C) groups is 3. The van der Waals surface area contributed by atoms with Crippen LogP contribution in [-0.2, 0) is 19.0 Å². The summed E-state index contributed by atoms with van der Waals surface area (Å²) in [6.45, 7) is 11.0. The number of amides is 1. The minimum Gasteiger partial charge on any atom is -0.511 e. The zero-order chi connectivity index (χ0) is 34.3. The summed E-state index contributed by atoms with van der Waals surface area (Å²) in [5, 5.41) is 17.7. The summed E-state index contributed by atoms with van der Waals surface area (Å²) in [5.41, 5.74) is 12.9. The molecule has 5 heterocycles. The molecule has 2 unspecified atom stereocenters. The number of nitrogens with one attached hydrogen (secondary N) is 2. The van der Waals surface area contributed by atoms with Crippen molar-refractivity contribution in [3.8, 4) is 0 Å². The van der Waals surface area contributed by atoms with Gasteiger partial charge >= 0.3 is 12.1 Å². The zero-order valence-electron chi connectivity index (χ0n) is 28.7. The molecular weight excluding hydrogens is 610 g/mol. The second kappa shape index (κ2) is 13.4. The predicted octanol–water partition coefficient (Wildman–Crippen LogP) is 5.98. The Morgan fingerprint density at radius 3 is 2.42 bits per heavy atom. The molecule has 252 valence electrons. The fourth-order valence-corrected chi connectivity index (χ4v) is 7.16. The van der Waals surface area contributed by atoms with Gasteiger partial charge in [-0.2, -0.15) is 0 Å². The van der Waals surface area contributed by atoms with Crippen LogP contribution in [0.4, 0.5) is 4.79 Å². The molecule has 11 heteroatoms. The second-order valence-corrected chi connectivity index (χ2v) is 12.7. The highest BCUT2D eigenvalue weighted by atomic mass is 16.5. The van der Waals surface area contributed by atoms with Crippen LogP contribution in [-0.4, -0.2) is 68.3 Å². The number of esters is 1. The summed E-state index contributed by atoms with van der Waals surface area (Å²) < 4.78 is 15.7. The number of rotatable bonds is 9. The molecule has 0 aromatic heterocycles. The summed E-state index contributed by atoms with van der Waals surface area (Å²) in [5.74, 6) is -0.0140. The molecule has 1 aliphatic carbocycles. The number of alkyl carbamates (subject to hydrolysis) is 1. The normalized spacial score (nSPS) is 22.9. The lowest BCUT2D eigenvalue weighted by Crippen LogP contribution is -2.28. The Bertz CT molecular complexity index is 1840. The van der Waals surface area contributed by atoms with Gasteiger partial charge in [-0.25, -0.2) is 19.8 Å². The van der Waals surface area contributed by atoms with Crippen molar-refractivity contribution in [2.75, 3.05) is 34.0 Å². The molecule has 8 bridgehead atoms. The number of ether oxygens (including phenoxy) is 3. The molecule has 1 fully saturated rings. The Balaban J connectivity index is 1.50. The molecule has 1 saturated heterocycles. The molecule has 0 saturated carbocycles. The van der Waals surface area contributed by atoms with E-state index in [9.17, 15) is 14.7 Å². The molecule has 0 aromatic rings. The van der Waals surface area contributed by atoms with Crippen molar-refractivity contribution in [1.29, 1.82) is 0 Å². The van der Waals surface area contributed by atoms with Gasteiger partial charge in [0.15, 0.2) is 0 Å². The lowest BCUT2D eigenvalue weighted by atomic mass is 9.86. The maximum absolute atomic E-state index is 12.5. The maximum atomic E-state index is 12.5. The maximum Gasteiger partial charge on any atom is 0.407 e. The Labute approximate surface area is 281 Å². The van der Waals surface area contributed by atoms with Crippen LogP contribution in [0.5, 0.6) is 0 Å². The summed E-state index contributed by atoms with van der Waals surface area (Å²) in [6, 6.07) is 0. The highest BCUT2D eigenvalue weighted by Gasteiger charge is 2.41. The van der Waals surface area contributed by atoms with Crippen molar-refractivity contribution >= 4 is 29.2 Å². The molecule has 3 N–H and O–H groups in total. The monoisotopic (exact) mass is 653 g/mol. The number of nitrogens with zero attached hydrogens (tertiary/aromatic N) is 3. The number of carbonyl (C=O) groups excluding carboxylic acids is 2. The average molecular weight is 654 g/mol. The van der Waals surface area contributed by atoms with Gasteiger partial charge in [0, 0.05) is 66.4 Å². The molecule has 1 amide bonds. The lowest BCUT2D eigenvalue weighted by molar-refractivity contribution is -0.140. The van der Waals surface area contributed by atoms with Crippen molar-refractivity contribution in [2.45, 2.75) is 60.3 Å². The third-order valence-electron chi connectivity index (χ3n) is 9.99. The van der Waals surface area contributed by atoms with Crippen LogP contribution in [0.3, 0.4) is 0 Å². The highest BCUT2D eigenvalue weighted by molar-refractivity contribution is 6.21. The van der Waals surface area contributed by atoms with Crippen molar-refractivity contribution in [3.63, 3.8) is 0 Å². The van der Waals surface area contributed by atoms with E-state index in [0.717, 1.165) is 85.4 Å². The molecule has 0 aromatic carbocycles. The van der Waals surface area contributed by atoms with Crippen LogP contribution < -0.4 is 10.6 Å². The van der Waals surface area contributed by atoms with Crippen molar-refractivity contribution in [3.05, 3.63) is 91.5 Å². The first-order valence-corrected chi connectivity index (χ1v) is 16.5. The van der Waals surface area contributed by atoms with Gasteiger partial charge in [0.1, 0.15) is 12.4 Å². The van der Waals surface area contributed by atoms with Gasteiger partial charge in [0.2, 0.25) is 0 Å².